The fourth-order valence-electron chi connectivity index (χ4n) is 7.49. The second kappa shape index (κ2) is 8.80. The summed E-state index contributed by atoms with van der Waals surface area (Å²) in [5, 5.41) is 2.37. The molecule has 42 heavy (non-hydrogen) atoms. The van der Waals surface area contributed by atoms with Gasteiger partial charge in [-0.15, -0.1) is 0 Å². The summed E-state index contributed by atoms with van der Waals surface area (Å²) in [5.41, 5.74) is 11.9. The Morgan fingerprint density at radius 2 is 0.976 bits per heavy atom. The molecule has 1 heterocycles. The molecule has 1 aliphatic carbocycles. The molecule has 7 aromatic carbocycles. The minimum Gasteiger partial charge on any atom is -0.455 e. The molecular formula is C41H26O. The second-order valence-corrected chi connectivity index (χ2v) is 11.2. The molecule has 0 N–H and O–H groups in total. The van der Waals surface area contributed by atoms with Crippen LogP contribution in [-0.2, 0) is 5.41 Å². The summed E-state index contributed by atoms with van der Waals surface area (Å²) in [4.78, 5) is 0. The lowest BCUT2D eigenvalue weighted by atomic mass is 9.67. The highest BCUT2D eigenvalue weighted by Gasteiger charge is 2.46. The zero-order valence-corrected chi connectivity index (χ0v) is 22.9. The van der Waals surface area contributed by atoms with Gasteiger partial charge in [-0.1, -0.05) is 146 Å². The van der Waals surface area contributed by atoms with Gasteiger partial charge in [-0.3, -0.25) is 0 Å². The van der Waals surface area contributed by atoms with Crippen LogP contribution in [0, 0.1) is 0 Å². The van der Waals surface area contributed by atoms with Crippen molar-refractivity contribution >= 4 is 10.8 Å². The van der Waals surface area contributed by atoms with Gasteiger partial charge in [0.1, 0.15) is 11.5 Å². The summed E-state index contributed by atoms with van der Waals surface area (Å²) in [5.74, 6) is 1.84. The lowest BCUT2D eigenvalue weighted by molar-refractivity contribution is 0.489. The Morgan fingerprint density at radius 3 is 1.76 bits per heavy atom. The van der Waals surface area contributed by atoms with Crippen LogP contribution in [0.3, 0.4) is 0 Å². The Bertz CT molecular complexity index is 2120. The lowest BCUT2D eigenvalue weighted by Gasteiger charge is -2.34. The van der Waals surface area contributed by atoms with Crippen molar-refractivity contribution in [1.29, 1.82) is 0 Å². The SMILES string of the molecule is c1ccc(C2(c3ccccc3)c3ccccc3-c3c(-c4ccc5cccc6c5c4Oc4ccccc4-6)cccc32)cc1. The van der Waals surface area contributed by atoms with Crippen molar-refractivity contribution in [1.82, 2.24) is 0 Å². The smallest absolute Gasteiger partial charge is 0.143 e. The maximum atomic E-state index is 6.80. The number of para-hydroxylation sites is 1. The first-order chi connectivity index (χ1) is 20.9. The van der Waals surface area contributed by atoms with E-state index in [2.05, 4.69) is 158 Å². The van der Waals surface area contributed by atoms with Crippen LogP contribution in [0.5, 0.6) is 11.5 Å². The Balaban J connectivity index is 1.40. The zero-order chi connectivity index (χ0) is 27.7. The third-order valence-corrected chi connectivity index (χ3v) is 9.16. The van der Waals surface area contributed by atoms with Crippen LogP contribution in [0.1, 0.15) is 22.3 Å². The fourth-order valence-corrected chi connectivity index (χ4v) is 7.49. The van der Waals surface area contributed by atoms with Crippen LogP contribution >= 0.6 is 0 Å². The van der Waals surface area contributed by atoms with E-state index in [0.29, 0.717) is 0 Å². The zero-order valence-electron chi connectivity index (χ0n) is 22.9. The minimum atomic E-state index is -0.433. The lowest BCUT2D eigenvalue weighted by Crippen LogP contribution is -2.28. The van der Waals surface area contributed by atoms with Crippen LogP contribution in [0.2, 0.25) is 0 Å². The standard InChI is InChI=1S/C41H26O/c1-3-14-28(15-4-1)41(29-16-5-2-6-17-29)35-22-9-7-19-34(35)39-32(21-12-23-36(39)41)33-26-25-27-13-11-20-31-30-18-8-10-24-37(30)42-40(33)38(27)31/h1-26H. The minimum absolute atomic E-state index is 0.433. The molecule has 0 radical (unpaired) electrons. The number of fused-ring (bicyclic) bond motifs is 5. The molecule has 9 rings (SSSR count). The molecule has 0 amide bonds. The van der Waals surface area contributed by atoms with E-state index in [1.54, 1.807) is 0 Å². The Kier molecular flexibility index (Phi) is 4.88. The normalized spacial score (nSPS) is 13.6. The van der Waals surface area contributed by atoms with E-state index in [1.807, 2.05) is 0 Å². The monoisotopic (exact) mass is 534 g/mol. The third kappa shape index (κ3) is 3.03. The summed E-state index contributed by atoms with van der Waals surface area (Å²) in [7, 11) is 0. The first kappa shape index (κ1) is 23.3. The van der Waals surface area contributed by atoms with Crippen LogP contribution in [0.4, 0.5) is 0 Å². The summed E-state index contributed by atoms with van der Waals surface area (Å²) >= 11 is 0. The summed E-state index contributed by atoms with van der Waals surface area (Å²) in [6.45, 7) is 0. The predicted octanol–water partition coefficient (Wildman–Crippen LogP) is 10.6. The summed E-state index contributed by atoms with van der Waals surface area (Å²) < 4.78 is 6.80. The highest BCUT2D eigenvalue weighted by molar-refractivity contribution is 6.09. The van der Waals surface area contributed by atoms with Crippen LogP contribution in [0.25, 0.3) is 44.2 Å². The number of ether oxygens (including phenoxy) is 1. The van der Waals surface area contributed by atoms with Gasteiger partial charge < -0.3 is 4.74 Å². The highest BCUT2D eigenvalue weighted by Crippen LogP contribution is 2.59. The van der Waals surface area contributed by atoms with Gasteiger partial charge in [-0.25, -0.2) is 0 Å². The highest BCUT2D eigenvalue weighted by atomic mass is 16.5. The van der Waals surface area contributed by atoms with Crippen molar-refractivity contribution in [2.45, 2.75) is 5.41 Å². The van der Waals surface area contributed by atoms with Crippen molar-refractivity contribution in [2.24, 2.45) is 0 Å². The molecule has 1 heteroatoms. The molecular weight excluding hydrogens is 508 g/mol. The number of hydrogen-bond acceptors (Lipinski definition) is 1. The summed E-state index contributed by atoms with van der Waals surface area (Å²) in [6, 6.07) is 57.1. The predicted molar refractivity (Wildman–Crippen MR) is 172 cm³/mol. The number of benzene rings is 7. The molecule has 0 saturated heterocycles. The van der Waals surface area contributed by atoms with Crippen molar-refractivity contribution in [3.05, 3.63) is 180 Å². The molecule has 0 unspecified atom stereocenters. The van der Waals surface area contributed by atoms with Gasteiger partial charge in [-0.2, -0.15) is 0 Å². The van der Waals surface area contributed by atoms with Gasteiger partial charge in [-0.05, 0) is 62.0 Å². The van der Waals surface area contributed by atoms with E-state index < -0.39 is 5.41 Å². The quantitative estimate of drug-likeness (QED) is 0.219. The van der Waals surface area contributed by atoms with Crippen LogP contribution in [0.15, 0.2) is 158 Å². The topological polar surface area (TPSA) is 9.23 Å². The molecule has 1 nitrogen and oxygen atoms in total. The third-order valence-electron chi connectivity index (χ3n) is 9.16. The second-order valence-electron chi connectivity index (χ2n) is 11.2. The van der Waals surface area contributed by atoms with Crippen molar-refractivity contribution in [2.75, 3.05) is 0 Å². The van der Waals surface area contributed by atoms with Gasteiger partial charge in [0, 0.05) is 16.5 Å². The number of rotatable bonds is 3. The molecule has 2 aliphatic rings. The van der Waals surface area contributed by atoms with Gasteiger partial charge in [0.15, 0.2) is 0 Å². The Labute approximate surface area is 245 Å². The van der Waals surface area contributed by atoms with Gasteiger partial charge in [0.2, 0.25) is 0 Å². The average molecular weight is 535 g/mol. The van der Waals surface area contributed by atoms with Crippen molar-refractivity contribution in [3.8, 4) is 44.9 Å². The first-order valence-corrected chi connectivity index (χ1v) is 14.5. The van der Waals surface area contributed by atoms with E-state index in [0.717, 1.165) is 22.6 Å². The fraction of sp³-hybridized carbons (Fsp3) is 0.0244. The van der Waals surface area contributed by atoms with Crippen molar-refractivity contribution in [3.63, 3.8) is 0 Å². The van der Waals surface area contributed by atoms with E-state index in [1.165, 1.54) is 55.3 Å². The van der Waals surface area contributed by atoms with Crippen LogP contribution < -0.4 is 4.74 Å². The molecule has 0 atom stereocenters. The summed E-state index contributed by atoms with van der Waals surface area (Å²) in [6.07, 6.45) is 0. The Hall–Kier alpha value is -5.40. The average Bonchev–Trinajstić information content (AvgIpc) is 3.37. The van der Waals surface area contributed by atoms with Gasteiger partial charge in [0.05, 0.1) is 5.41 Å². The van der Waals surface area contributed by atoms with Gasteiger partial charge >= 0.3 is 0 Å². The van der Waals surface area contributed by atoms with Crippen LogP contribution in [-0.4, -0.2) is 0 Å². The molecule has 0 bridgehead atoms. The molecule has 0 aromatic heterocycles. The maximum absolute atomic E-state index is 6.80. The molecule has 196 valence electrons. The van der Waals surface area contributed by atoms with Gasteiger partial charge in [0.25, 0.3) is 0 Å². The van der Waals surface area contributed by atoms with E-state index in [9.17, 15) is 0 Å². The first-order valence-electron chi connectivity index (χ1n) is 14.5. The van der Waals surface area contributed by atoms with E-state index in [-0.39, 0.29) is 0 Å². The molecule has 1 aliphatic heterocycles. The maximum Gasteiger partial charge on any atom is 0.143 e. The number of hydrogen-bond donors (Lipinski definition) is 0. The van der Waals surface area contributed by atoms with Crippen molar-refractivity contribution < 1.29 is 4.74 Å². The largest absolute Gasteiger partial charge is 0.455 e. The molecule has 0 fully saturated rings. The Morgan fingerprint density at radius 1 is 0.381 bits per heavy atom. The molecule has 0 spiro atoms. The van der Waals surface area contributed by atoms with E-state index in [4.69, 9.17) is 4.74 Å². The molecule has 0 saturated carbocycles. The molecule has 7 aromatic rings. The van der Waals surface area contributed by atoms with E-state index >= 15 is 0 Å².